The number of rotatable bonds is 2. The molecule has 1 rings (SSSR count). The SMILES string of the molecule is Cc1ccc(N)c(C(=O)N(C)CC(F)(F)F)c1. The monoisotopic (exact) mass is 246 g/mol. The summed E-state index contributed by atoms with van der Waals surface area (Å²) in [4.78, 5) is 12.3. The van der Waals surface area contributed by atoms with E-state index < -0.39 is 18.6 Å². The molecule has 0 heterocycles. The second-order valence-electron chi connectivity index (χ2n) is 3.87. The predicted octanol–water partition coefficient (Wildman–Crippen LogP) is 2.21. The number of nitrogens with zero attached hydrogens (tertiary/aromatic N) is 1. The Morgan fingerprint density at radius 2 is 2.00 bits per heavy atom. The summed E-state index contributed by atoms with van der Waals surface area (Å²) in [6, 6.07) is 4.67. The molecule has 0 fully saturated rings. The van der Waals surface area contributed by atoms with Crippen LogP contribution in [0.3, 0.4) is 0 Å². The largest absolute Gasteiger partial charge is 0.406 e. The number of anilines is 1. The molecule has 94 valence electrons. The van der Waals surface area contributed by atoms with E-state index in [0.29, 0.717) is 4.90 Å². The lowest BCUT2D eigenvalue weighted by molar-refractivity contribution is -0.138. The molecule has 17 heavy (non-hydrogen) atoms. The van der Waals surface area contributed by atoms with Crippen LogP contribution < -0.4 is 5.73 Å². The van der Waals surface area contributed by atoms with Crippen molar-refractivity contribution in [3.05, 3.63) is 29.3 Å². The minimum atomic E-state index is -4.41. The smallest absolute Gasteiger partial charge is 0.398 e. The van der Waals surface area contributed by atoms with Gasteiger partial charge < -0.3 is 10.6 Å². The molecule has 3 nitrogen and oxygen atoms in total. The van der Waals surface area contributed by atoms with E-state index >= 15 is 0 Å². The molecule has 0 aliphatic heterocycles. The summed E-state index contributed by atoms with van der Waals surface area (Å²) >= 11 is 0. The fourth-order valence-electron chi connectivity index (χ4n) is 1.40. The molecule has 0 unspecified atom stereocenters. The van der Waals surface area contributed by atoms with Crippen LogP contribution in [-0.4, -0.2) is 30.6 Å². The molecule has 1 amide bonds. The average Bonchev–Trinajstić information content (AvgIpc) is 2.18. The van der Waals surface area contributed by atoms with E-state index in [1.807, 2.05) is 0 Å². The minimum Gasteiger partial charge on any atom is -0.398 e. The molecule has 0 saturated heterocycles. The lowest BCUT2D eigenvalue weighted by atomic mass is 10.1. The van der Waals surface area contributed by atoms with E-state index in [2.05, 4.69) is 0 Å². The molecule has 0 aromatic heterocycles. The van der Waals surface area contributed by atoms with Gasteiger partial charge in [0.25, 0.3) is 5.91 Å². The summed E-state index contributed by atoms with van der Waals surface area (Å²) in [5.74, 6) is -0.733. The van der Waals surface area contributed by atoms with Gasteiger partial charge in [-0.3, -0.25) is 4.79 Å². The third-order valence-electron chi connectivity index (χ3n) is 2.20. The second kappa shape index (κ2) is 4.65. The van der Waals surface area contributed by atoms with Gasteiger partial charge in [0, 0.05) is 12.7 Å². The maximum absolute atomic E-state index is 12.1. The van der Waals surface area contributed by atoms with Gasteiger partial charge in [0.15, 0.2) is 0 Å². The number of carbonyl (C=O) groups is 1. The number of amides is 1. The average molecular weight is 246 g/mol. The molecule has 0 spiro atoms. The van der Waals surface area contributed by atoms with Crippen LogP contribution in [0.15, 0.2) is 18.2 Å². The molecule has 0 aliphatic carbocycles. The van der Waals surface area contributed by atoms with Gasteiger partial charge in [-0.2, -0.15) is 13.2 Å². The molecule has 1 aromatic rings. The highest BCUT2D eigenvalue weighted by Gasteiger charge is 2.31. The maximum atomic E-state index is 12.1. The van der Waals surface area contributed by atoms with E-state index in [1.165, 1.54) is 12.1 Å². The fourth-order valence-corrected chi connectivity index (χ4v) is 1.40. The molecule has 0 saturated carbocycles. The molecule has 2 N–H and O–H groups in total. The number of benzene rings is 1. The van der Waals surface area contributed by atoms with Crippen molar-refractivity contribution in [3.63, 3.8) is 0 Å². The molecule has 0 atom stereocenters. The number of nitrogens with two attached hydrogens (primary N) is 1. The number of halogens is 3. The van der Waals surface area contributed by atoms with Gasteiger partial charge in [-0.25, -0.2) is 0 Å². The van der Waals surface area contributed by atoms with Crippen LogP contribution in [0, 0.1) is 6.92 Å². The van der Waals surface area contributed by atoms with Gasteiger partial charge in [-0.15, -0.1) is 0 Å². The number of nitrogen functional groups attached to an aromatic ring is 1. The Morgan fingerprint density at radius 1 is 1.41 bits per heavy atom. The van der Waals surface area contributed by atoms with Crippen molar-refractivity contribution >= 4 is 11.6 Å². The van der Waals surface area contributed by atoms with Crippen LogP contribution in [0.4, 0.5) is 18.9 Å². The zero-order valence-electron chi connectivity index (χ0n) is 9.51. The molecule has 1 aromatic carbocycles. The third kappa shape index (κ3) is 3.65. The van der Waals surface area contributed by atoms with Crippen LogP contribution >= 0.6 is 0 Å². The summed E-state index contributed by atoms with van der Waals surface area (Å²) in [7, 11) is 1.09. The number of aryl methyl sites for hydroxylation is 1. The van der Waals surface area contributed by atoms with Crippen molar-refractivity contribution < 1.29 is 18.0 Å². The summed E-state index contributed by atoms with van der Waals surface area (Å²) in [6.45, 7) is 0.444. The molecule has 6 heteroatoms. The first kappa shape index (κ1) is 13.3. The van der Waals surface area contributed by atoms with Gasteiger partial charge in [-0.05, 0) is 19.1 Å². The minimum absolute atomic E-state index is 0.0942. The Kier molecular flexibility index (Phi) is 3.65. The van der Waals surface area contributed by atoms with Crippen LogP contribution in [0.25, 0.3) is 0 Å². The van der Waals surface area contributed by atoms with E-state index in [9.17, 15) is 18.0 Å². The van der Waals surface area contributed by atoms with Gasteiger partial charge in [0.2, 0.25) is 0 Å². The number of carbonyl (C=O) groups excluding carboxylic acids is 1. The highest BCUT2D eigenvalue weighted by atomic mass is 19.4. The fraction of sp³-hybridized carbons (Fsp3) is 0.364. The molecule has 0 bridgehead atoms. The molecule has 0 aliphatic rings. The van der Waals surface area contributed by atoms with Crippen LogP contribution in [0.1, 0.15) is 15.9 Å². The lowest BCUT2D eigenvalue weighted by Gasteiger charge is -2.19. The number of hydrogen-bond donors (Lipinski definition) is 1. The quantitative estimate of drug-likeness (QED) is 0.813. The first-order valence-corrected chi connectivity index (χ1v) is 4.89. The topological polar surface area (TPSA) is 46.3 Å². The van der Waals surface area contributed by atoms with Crippen molar-refractivity contribution in [3.8, 4) is 0 Å². The van der Waals surface area contributed by atoms with Crippen LogP contribution in [-0.2, 0) is 0 Å². The summed E-state index contributed by atoms with van der Waals surface area (Å²) in [5, 5.41) is 0. The van der Waals surface area contributed by atoms with Crippen molar-refractivity contribution in [2.24, 2.45) is 0 Å². The van der Waals surface area contributed by atoms with Gasteiger partial charge in [-0.1, -0.05) is 11.6 Å². The van der Waals surface area contributed by atoms with Crippen LogP contribution in [0.5, 0.6) is 0 Å². The Labute approximate surface area is 97.0 Å². The van der Waals surface area contributed by atoms with Crippen molar-refractivity contribution in [1.82, 2.24) is 4.90 Å². The number of alkyl halides is 3. The van der Waals surface area contributed by atoms with Crippen molar-refractivity contribution in [2.45, 2.75) is 13.1 Å². The Hall–Kier alpha value is -1.72. The van der Waals surface area contributed by atoms with Gasteiger partial charge >= 0.3 is 6.18 Å². The first-order valence-electron chi connectivity index (χ1n) is 4.89. The molecular weight excluding hydrogens is 233 g/mol. The standard InChI is InChI=1S/C11H13F3N2O/c1-7-3-4-9(15)8(5-7)10(17)16(2)6-11(12,13)14/h3-5H,6,15H2,1-2H3. The highest BCUT2D eigenvalue weighted by molar-refractivity contribution is 5.99. The van der Waals surface area contributed by atoms with E-state index in [-0.39, 0.29) is 11.3 Å². The number of hydrogen-bond acceptors (Lipinski definition) is 2. The lowest BCUT2D eigenvalue weighted by Crippen LogP contribution is -2.36. The zero-order chi connectivity index (χ0) is 13.2. The highest BCUT2D eigenvalue weighted by Crippen LogP contribution is 2.20. The first-order chi connectivity index (χ1) is 7.70. The zero-order valence-corrected chi connectivity index (χ0v) is 9.51. The summed E-state index contributed by atoms with van der Waals surface area (Å²) in [5.41, 5.74) is 6.60. The molecular formula is C11H13F3N2O. The second-order valence-corrected chi connectivity index (χ2v) is 3.87. The third-order valence-corrected chi connectivity index (χ3v) is 2.20. The Balaban J connectivity index is 2.93. The Morgan fingerprint density at radius 3 is 2.53 bits per heavy atom. The Bertz CT molecular complexity index is 429. The van der Waals surface area contributed by atoms with Crippen molar-refractivity contribution in [1.29, 1.82) is 0 Å². The summed E-state index contributed by atoms with van der Waals surface area (Å²) < 4.78 is 36.4. The van der Waals surface area contributed by atoms with E-state index in [0.717, 1.165) is 12.6 Å². The predicted molar refractivity (Wildman–Crippen MR) is 58.6 cm³/mol. The van der Waals surface area contributed by atoms with Gasteiger partial charge in [0.1, 0.15) is 6.54 Å². The van der Waals surface area contributed by atoms with Crippen molar-refractivity contribution in [2.75, 3.05) is 19.3 Å². The van der Waals surface area contributed by atoms with Crippen LogP contribution in [0.2, 0.25) is 0 Å². The molecule has 0 radical (unpaired) electrons. The van der Waals surface area contributed by atoms with E-state index in [4.69, 9.17) is 5.73 Å². The van der Waals surface area contributed by atoms with Gasteiger partial charge in [0.05, 0.1) is 5.56 Å². The van der Waals surface area contributed by atoms with E-state index in [1.54, 1.807) is 13.0 Å². The maximum Gasteiger partial charge on any atom is 0.406 e. The normalized spacial score (nSPS) is 11.4. The summed E-state index contributed by atoms with van der Waals surface area (Å²) in [6.07, 6.45) is -4.41.